The monoisotopic (exact) mass is 230 g/mol. The molecule has 0 saturated carbocycles. The Bertz CT molecular complexity index is 459. The summed E-state index contributed by atoms with van der Waals surface area (Å²) in [5.41, 5.74) is 3.48. The van der Waals surface area contributed by atoms with Crippen LogP contribution in [0.25, 0.3) is 0 Å². The number of hydrogen-bond acceptors (Lipinski definition) is 2. The van der Waals surface area contributed by atoms with Crippen molar-refractivity contribution in [3.05, 3.63) is 59.4 Å². The normalized spacial score (nSPS) is 10.7. The van der Waals surface area contributed by atoms with Crippen LogP contribution in [0.15, 0.2) is 42.7 Å². The van der Waals surface area contributed by atoms with Gasteiger partial charge < -0.3 is 15.0 Å². The first-order valence-electron chi connectivity index (χ1n) is 5.78. The summed E-state index contributed by atoms with van der Waals surface area (Å²) in [5.74, 6) is 0. The highest BCUT2D eigenvalue weighted by Crippen LogP contribution is 2.05. The Kier molecular flexibility index (Phi) is 3.96. The Hall–Kier alpha value is -1.58. The van der Waals surface area contributed by atoms with Gasteiger partial charge in [0.1, 0.15) is 0 Å². The Morgan fingerprint density at radius 1 is 1.00 bits per heavy atom. The minimum atomic E-state index is 0.109. The number of benzene rings is 1. The maximum atomic E-state index is 8.94. The largest absolute Gasteiger partial charge is 0.392 e. The highest BCUT2D eigenvalue weighted by molar-refractivity contribution is 5.22. The third kappa shape index (κ3) is 3.44. The van der Waals surface area contributed by atoms with E-state index >= 15 is 0 Å². The molecule has 2 aromatic rings. The molecular formula is C14H18N2O. The van der Waals surface area contributed by atoms with Crippen molar-refractivity contribution in [2.45, 2.75) is 19.7 Å². The van der Waals surface area contributed by atoms with Gasteiger partial charge in [-0.15, -0.1) is 0 Å². The smallest absolute Gasteiger partial charge is 0.0681 e. The molecular weight excluding hydrogens is 212 g/mol. The lowest BCUT2D eigenvalue weighted by molar-refractivity contribution is 0.282. The number of aryl methyl sites for hydroxylation is 1. The van der Waals surface area contributed by atoms with Crippen molar-refractivity contribution < 1.29 is 5.11 Å². The first-order valence-corrected chi connectivity index (χ1v) is 5.78. The zero-order valence-corrected chi connectivity index (χ0v) is 10.1. The van der Waals surface area contributed by atoms with Gasteiger partial charge in [0.05, 0.1) is 6.61 Å². The second-order valence-corrected chi connectivity index (χ2v) is 4.26. The molecule has 0 unspecified atom stereocenters. The fourth-order valence-electron chi connectivity index (χ4n) is 1.78. The second-order valence-electron chi connectivity index (χ2n) is 4.26. The average molecular weight is 230 g/mol. The van der Waals surface area contributed by atoms with Crippen molar-refractivity contribution in [1.29, 1.82) is 0 Å². The summed E-state index contributed by atoms with van der Waals surface area (Å²) in [4.78, 5) is 0. The van der Waals surface area contributed by atoms with E-state index in [0.29, 0.717) is 0 Å². The number of aliphatic hydroxyl groups excluding tert-OH is 1. The van der Waals surface area contributed by atoms with Crippen LogP contribution in [0.2, 0.25) is 0 Å². The van der Waals surface area contributed by atoms with Crippen LogP contribution in [0.3, 0.4) is 0 Å². The highest BCUT2D eigenvalue weighted by atomic mass is 16.3. The van der Waals surface area contributed by atoms with Gasteiger partial charge in [0.15, 0.2) is 0 Å². The molecule has 0 amide bonds. The summed E-state index contributed by atoms with van der Waals surface area (Å²) in [6.45, 7) is 1.83. The van der Waals surface area contributed by atoms with Gasteiger partial charge in [0.2, 0.25) is 0 Å². The van der Waals surface area contributed by atoms with Gasteiger partial charge in [-0.1, -0.05) is 24.3 Å². The zero-order valence-electron chi connectivity index (χ0n) is 10.1. The SMILES string of the molecule is Cn1ccc(CNCc2ccc(CO)cc2)c1. The molecule has 3 nitrogen and oxygen atoms in total. The summed E-state index contributed by atoms with van der Waals surface area (Å²) in [6.07, 6.45) is 4.16. The molecule has 0 aliphatic heterocycles. The van der Waals surface area contributed by atoms with E-state index in [1.807, 2.05) is 42.1 Å². The first kappa shape index (κ1) is 11.9. The molecule has 17 heavy (non-hydrogen) atoms. The maximum absolute atomic E-state index is 8.94. The lowest BCUT2D eigenvalue weighted by Gasteiger charge is -2.04. The van der Waals surface area contributed by atoms with Crippen LogP contribution in [-0.2, 0) is 26.7 Å². The third-order valence-corrected chi connectivity index (χ3v) is 2.76. The molecule has 0 atom stereocenters. The Labute approximate surface area is 102 Å². The van der Waals surface area contributed by atoms with Crippen molar-refractivity contribution in [1.82, 2.24) is 9.88 Å². The van der Waals surface area contributed by atoms with E-state index in [0.717, 1.165) is 18.7 Å². The van der Waals surface area contributed by atoms with Crippen LogP contribution in [0.5, 0.6) is 0 Å². The van der Waals surface area contributed by atoms with Crippen LogP contribution in [0.4, 0.5) is 0 Å². The number of nitrogens with one attached hydrogen (secondary N) is 1. The molecule has 0 fully saturated rings. The van der Waals surface area contributed by atoms with E-state index in [4.69, 9.17) is 5.11 Å². The van der Waals surface area contributed by atoms with E-state index < -0.39 is 0 Å². The number of rotatable bonds is 5. The van der Waals surface area contributed by atoms with Crippen LogP contribution in [-0.4, -0.2) is 9.67 Å². The number of aliphatic hydroxyl groups is 1. The summed E-state index contributed by atoms with van der Waals surface area (Å²) < 4.78 is 2.05. The number of aromatic nitrogens is 1. The van der Waals surface area contributed by atoms with E-state index in [1.165, 1.54) is 11.1 Å². The Morgan fingerprint density at radius 2 is 1.65 bits per heavy atom. The van der Waals surface area contributed by atoms with E-state index in [1.54, 1.807) is 0 Å². The fourth-order valence-corrected chi connectivity index (χ4v) is 1.78. The summed E-state index contributed by atoms with van der Waals surface area (Å²) >= 11 is 0. The molecule has 1 aromatic heterocycles. The first-order chi connectivity index (χ1) is 8.28. The molecule has 0 spiro atoms. The Balaban J connectivity index is 1.81. The molecule has 0 bridgehead atoms. The molecule has 2 rings (SSSR count). The quantitative estimate of drug-likeness (QED) is 0.822. The lowest BCUT2D eigenvalue weighted by atomic mass is 10.1. The molecule has 1 aromatic carbocycles. The minimum absolute atomic E-state index is 0.109. The van der Waals surface area contributed by atoms with Crippen LogP contribution < -0.4 is 5.32 Å². The van der Waals surface area contributed by atoms with Crippen molar-refractivity contribution in [2.24, 2.45) is 7.05 Å². The summed E-state index contributed by atoms with van der Waals surface area (Å²) in [7, 11) is 2.02. The molecule has 3 heteroatoms. The number of hydrogen-bond donors (Lipinski definition) is 2. The fraction of sp³-hybridized carbons (Fsp3) is 0.286. The van der Waals surface area contributed by atoms with Gasteiger partial charge in [-0.05, 0) is 22.8 Å². The predicted octanol–water partition coefficient (Wildman–Crippen LogP) is 1.81. The summed E-state index contributed by atoms with van der Waals surface area (Å²) in [6, 6.07) is 10.1. The van der Waals surface area contributed by atoms with Gasteiger partial charge in [0.25, 0.3) is 0 Å². The van der Waals surface area contributed by atoms with E-state index in [9.17, 15) is 0 Å². The molecule has 0 aliphatic carbocycles. The zero-order chi connectivity index (χ0) is 12.1. The minimum Gasteiger partial charge on any atom is -0.392 e. The Morgan fingerprint density at radius 3 is 2.24 bits per heavy atom. The maximum Gasteiger partial charge on any atom is 0.0681 e. The van der Waals surface area contributed by atoms with Crippen LogP contribution >= 0.6 is 0 Å². The van der Waals surface area contributed by atoms with Crippen molar-refractivity contribution in [2.75, 3.05) is 0 Å². The average Bonchev–Trinajstić information content (AvgIpc) is 2.76. The summed E-state index contributed by atoms with van der Waals surface area (Å²) in [5, 5.41) is 12.3. The molecule has 0 saturated heterocycles. The topological polar surface area (TPSA) is 37.2 Å². The highest BCUT2D eigenvalue weighted by Gasteiger charge is 1.96. The van der Waals surface area contributed by atoms with Crippen LogP contribution in [0.1, 0.15) is 16.7 Å². The van der Waals surface area contributed by atoms with Crippen molar-refractivity contribution in [3.8, 4) is 0 Å². The van der Waals surface area contributed by atoms with Gasteiger partial charge >= 0.3 is 0 Å². The van der Waals surface area contributed by atoms with Gasteiger partial charge in [0, 0.05) is 32.5 Å². The lowest BCUT2D eigenvalue weighted by Crippen LogP contribution is -2.12. The molecule has 1 heterocycles. The van der Waals surface area contributed by atoms with Crippen molar-refractivity contribution in [3.63, 3.8) is 0 Å². The second kappa shape index (κ2) is 5.66. The van der Waals surface area contributed by atoms with Gasteiger partial charge in [-0.25, -0.2) is 0 Å². The molecule has 90 valence electrons. The molecule has 0 radical (unpaired) electrons. The van der Waals surface area contributed by atoms with Gasteiger partial charge in [-0.2, -0.15) is 0 Å². The third-order valence-electron chi connectivity index (χ3n) is 2.76. The van der Waals surface area contributed by atoms with E-state index in [2.05, 4.69) is 17.6 Å². The van der Waals surface area contributed by atoms with Crippen molar-refractivity contribution >= 4 is 0 Å². The van der Waals surface area contributed by atoms with Crippen LogP contribution in [0, 0.1) is 0 Å². The van der Waals surface area contributed by atoms with Gasteiger partial charge in [-0.3, -0.25) is 0 Å². The standard InChI is InChI=1S/C14H18N2O/c1-16-7-6-14(10-16)9-15-8-12-2-4-13(11-17)5-3-12/h2-7,10,15,17H,8-9,11H2,1H3. The predicted molar refractivity (Wildman–Crippen MR) is 68.3 cm³/mol. The van der Waals surface area contributed by atoms with E-state index in [-0.39, 0.29) is 6.61 Å². The molecule has 0 aliphatic rings. The molecule has 2 N–H and O–H groups in total. The number of nitrogens with zero attached hydrogens (tertiary/aromatic N) is 1.